The molecule has 0 rings (SSSR count). The second-order valence-corrected chi connectivity index (χ2v) is 20.2. The fourth-order valence-corrected chi connectivity index (χ4v) is 8.07. The number of unbranched alkanes of at least 4 members (excludes halogenated alkanes) is 33. The lowest BCUT2D eigenvalue weighted by Gasteiger charge is -2.25. The topological polar surface area (TPSA) is 108 Å². The summed E-state index contributed by atoms with van der Waals surface area (Å²) < 4.78 is 22.8. The number of carboxylic acids is 1. The minimum absolute atomic E-state index is 0.182. The molecule has 9 nitrogen and oxygen atoms in total. The molecule has 2 atom stereocenters. The first-order valence-electron chi connectivity index (χ1n) is 28.0. The zero-order valence-corrected chi connectivity index (χ0v) is 44.1. The molecule has 0 saturated heterocycles. The number of carbonyl (C=O) groups is 3. The number of quaternary nitrogens is 1. The summed E-state index contributed by atoms with van der Waals surface area (Å²) in [7, 11) is 5.96. The van der Waals surface area contributed by atoms with Crippen LogP contribution in [0.15, 0.2) is 24.3 Å². The third-order valence-corrected chi connectivity index (χ3v) is 12.4. The highest BCUT2D eigenvalue weighted by atomic mass is 16.7. The molecule has 0 bridgehead atoms. The summed E-state index contributed by atoms with van der Waals surface area (Å²) in [6.45, 7) is 4.83. The van der Waals surface area contributed by atoms with Gasteiger partial charge in [-0.25, -0.2) is 4.79 Å². The SMILES string of the molecule is CCC/C=C\CCCCCCCC(=O)OCC(COC(OCC[N+](C)(C)C)C(=O)O)OC(=O)CCCCCCCCCCCCCCCCCCCCC/C=C\CCCCCCCCCC. The van der Waals surface area contributed by atoms with Crippen molar-refractivity contribution in [3.05, 3.63) is 24.3 Å². The van der Waals surface area contributed by atoms with Gasteiger partial charge in [0.1, 0.15) is 13.2 Å². The van der Waals surface area contributed by atoms with Gasteiger partial charge in [0.15, 0.2) is 6.10 Å². The highest BCUT2D eigenvalue weighted by Crippen LogP contribution is 2.17. The third-order valence-electron chi connectivity index (χ3n) is 12.4. The zero-order valence-electron chi connectivity index (χ0n) is 44.1. The zero-order chi connectivity index (χ0) is 48.4. The standard InChI is InChI=1S/C57H107NO8/c1-6-8-10-12-14-16-18-19-20-21-22-23-24-25-26-27-28-29-30-31-32-33-34-35-36-37-38-40-42-44-46-48-55(60)66-53(52-65-57(56(61)62)63-50-49-58(3,4)5)51-64-54(59)47-45-43-41-39-17-15-13-11-9-7-2/h11,13,21-22,53,57H,6-10,12,14-20,23-52H2,1-5H3/p+1/b13-11-,22-21-. The van der Waals surface area contributed by atoms with Crippen molar-refractivity contribution in [1.82, 2.24) is 0 Å². The van der Waals surface area contributed by atoms with Gasteiger partial charge in [0.2, 0.25) is 0 Å². The van der Waals surface area contributed by atoms with Gasteiger partial charge >= 0.3 is 17.9 Å². The Morgan fingerprint density at radius 2 is 0.803 bits per heavy atom. The van der Waals surface area contributed by atoms with Gasteiger partial charge in [-0.05, 0) is 57.8 Å². The maximum atomic E-state index is 12.8. The first kappa shape index (κ1) is 63.8. The van der Waals surface area contributed by atoms with Gasteiger partial charge in [0.05, 0.1) is 34.4 Å². The van der Waals surface area contributed by atoms with Crippen LogP contribution in [-0.4, -0.2) is 87.4 Å². The molecule has 0 aromatic rings. The van der Waals surface area contributed by atoms with E-state index in [2.05, 4.69) is 38.2 Å². The molecule has 0 amide bonds. The predicted molar refractivity (Wildman–Crippen MR) is 277 cm³/mol. The number of hydrogen-bond acceptors (Lipinski definition) is 7. The maximum absolute atomic E-state index is 12.8. The van der Waals surface area contributed by atoms with E-state index < -0.39 is 24.3 Å². The molecule has 388 valence electrons. The van der Waals surface area contributed by atoms with Crippen LogP contribution in [0.2, 0.25) is 0 Å². The fourth-order valence-electron chi connectivity index (χ4n) is 8.07. The van der Waals surface area contributed by atoms with Gasteiger partial charge in [-0.15, -0.1) is 0 Å². The van der Waals surface area contributed by atoms with Gasteiger partial charge in [0, 0.05) is 12.8 Å². The van der Waals surface area contributed by atoms with Crippen molar-refractivity contribution in [2.45, 2.75) is 277 Å². The monoisotopic (exact) mass is 935 g/mol. The Kier molecular flexibility index (Phi) is 47.5. The van der Waals surface area contributed by atoms with E-state index in [4.69, 9.17) is 18.9 Å². The van der Waals surface area contributed by atoms with E-state index in [9.17, 15) is 19.5 Å². The molecule has 0 aromatic heterocycles. The van der Waals surface area contributed by atoms with E-state index in [-0.39, 0.29) is 32.2 Å². The summed E-state index contributed by atoms with van der Waals surface area (Å²) in [5.41, 5.74) is 0. The maximum Gasteiger partial charge on any atom is 0.361 e. The average molecular weight is 935 g/mol. The molecule has 0 aliphatic heterocycles. The van der Waals surface area contributed by atoms with Crippen molar-refractivity contribution in [1.29, 1.82) is 0 Å². The van der Waals surface area contributed by atoms with E-state index in [0.717, 1.165) is 64.2 Å². The molecule has 2 unspecified atom stereocenters. The molecule has 1 N–H and O–H groups in total. The lowest BCUT2D eigenvalue weighted by atomic mass is 10.0. The van der Waals surface area contributed by atoms with Crippen LogP contribution in [0.4, 0.5) is 0 Å². The molecule has 0 saturated carbocycles. The number of aliphatic carboxylic acids is 1. The Hall–Kier alpha value is -2.23. The fraction of sp³-hybridized carbons (Fsp3) is 0.877. The Labute approximate surface area is 407 Å². The van der Waals surface area contributed by atoms with Crippen molar-refractivity contribution in [2.24, 2.45) is 0 Å². The Balaban J connectivity index is 4.03. The third kappa shape index (κ3) is 49.7. The van der Waals surface area contributed by atoms with Gasteiger partial charge in [-0.3, -0.25) is 9.59 Å². The molecular weight excluding hydrogens is 827 g/mol. The minimum Gasteiger partial charge on any atom is -0.477 e. The summed E-state index contributed by atoms with van der Waals surface area (Å²) >= 11 is 0. The van der Waals surface area contributed by atoms with E-state index in [1.807, 2.05) is 21.1 Å². The quantitative estimate of drug-likeness (QED) is 0.0211. The molecule has 66 heavy (non-hydrogen) atoms. The Morgan fingerprint density at radius 1 is 0.439 bits per heavy atom. The molecule has 0 aliphatic rings. The van der Waals surface area contributed by atoms with E-state index >= 15 is 0 Å². The second kappa shape index (κ2) is 49.2. The summed E-state index contributed by atoms with van der Waals surface area (Å²) in [5, 5.41) is 9.66. The van der Waals surface area contributed by atoms with Crippen LogP contribution >= 0.6 is 0 Å². The van der Waals surface area contributed by atoms with Gasteiger partial charge in [-0.1, -0.05) is 218 Å². The molecule has 0 aromatic carbocycles. The normalized spacial score (nSPS) is 12.9. The van der Waals surface area contributed by atoms with Crippen LogP contribution in [0.1, 0.15) is 264 Å². The number of carboxylic acid groups (broad SMARTS) is 1. The first-order chi connectivity index (χ1) is 32.1. The summed E-state index contributed by atoms with van der Waals surface area (Å²) in [6, 6.07) is 0. The molecule has 0 heterocycles. The Morgan fingerprint density at radius 3 is 1.18 bits per heavy atom. The van der Waals surface area contributed by atoms with Crippen molar-refractivity contribution < 1.29 is 42.9 Å². The van der Waals surface area contributed by atoms with Crippen LogP contribution in [0, 0.1) is 0 Å². The highest BCUT2D eigenvalue weighted by Gasteiger charge is 2.25. The van der Waals surface area contributed by atoms with Crippen LogP contribution in [0.25, 0.3) is 0 Å². The van der Waals surface area contributed by atoms with Gasteiger partial charge in [0.25, 0.3) is 6.29 Å². The van der Waals surface area contributed by atoms with Crippen LogP contribution in [0.5, 0.6) is 0 Å². The van der Waals surface area contributed by atoms with Crippen LogP contribution in [0.3, 0.4) is 0 Å². The molecule has 0 fully saturated rings. The molecule has 0 radical (unpaired) electrons. The summed E-state index contributed by atoms with van der Waals surface area (Å²) in [4.78, 5) is 37.2. The van der Waals surface area contributed by atoms with Crippen molar-refractivity contribution in [3.63, 3.8) is 0 Å². The lowest BCUT2D eigenvalue weighted by molar-refractivity contribution is -0.870. The number of allylic oxidation sites excluding steroid dienone is 4. The van der Waals surface area contributed by atoms with E-state index in [1.54, 1.807) is 0 Å². The number of rotatable bonds is 52. The molecule has 0 spiro atoms. The number of hydrogen-bond donors (Lipinski definition) is 1. The average Bonchev–Trinajstić information content (AvgIpc) is 3.28. The van der Waals surface area contributed by atoms with E-state index in [0.29, 0.717) is 17.4 Å². The second-order valence-electron chi connectivity index (χ2n) is 20.2. The summed E-state index contributed by atoms with van der Waals surface area (Å²) in [6.07, 6.45) is 54.3. The van der Waals surface area contributed by atoms with Gasteiger partial charge in [-0.2, -0.15) is 0 Å². The van der Waals surface area contributed by atoms with Gasteiger partial charge < -0.3 is 28.5 Å². The van der Waals surface area contributed by atoms with Crippen LogP contribution < -0.4 is 0 Å². The minimum atomic E-state index is -1.51. The lowest BCUT2D eigenvalue weighted by Crippen LogP contribution is -2.40. The number of carbonyl (C=O) groups excluding carboxylic acids is 2. The largest absolute Gasteiger partial charge is 0.477 e. The smallest absolute Gasteiger partial charge is 0.361 e. The number of esters is 2. The number of ether oxygens (including phenoxy) is 4. The predicted octanol–water partition coefficient (Wildman–Crippen LogP) is 16.0. The highest BCUT2D eigenvalue weighted by molar-refractivity contribution is 5.71. The summed E-state index contributed by atoms with van der Waals surface area (Å²) in [5.74, 6) is -2.01. The molecular formula is C57H108NO8+. The number of likely N-dealkylation sites (N-methyl/N-ethyl adjacent to an activating group) is 1. The van der Waals surface area contributed by atoms with Crippen molar-refractivity contribution >= 4 is 17.9 Å². The van der Waals surface area contributed by atoms with E-state index in [1.165, 1.54) is 173 Å². The van der Waals surface area contributed by atoms with Crippen molar-refractivity contribution in [2.75, 3.05) is 47.5 Å². The first-order valence-corrected chi connectivity index (χ1v) is 28.0. The Bertz CT molecular complexity index is 1130. The van der Waals surface area contributed by atoms with Crippen LogP contribution in [-0.2, 0) is 33.3 Å². The van der Waals surface area contributed by atoms with Crippen molar-refractivity contribution in [3.8, 4) is 0 Å². The number of nitrogens with zero attached hydrogens (tertiary/aromatic N) is 1. The molecule has 9 heteroatoms. The molecule has 0 aliphatic carbocycles.